The number of aryl methyl sites for hydroxylation is 2. The number of fused-ring (bicyclic) bond motifs is 1. The molecule has 2 unspecified atom stereocenters. The van der Waals surface area contributed by atoms with E-state index >= 15 is 0 Å². The standard InChI is InChI=1S/C19H22ClN3O/c1-12-5-4-6-14(9-12)18(24)11-21-13(2)19-22-16-8-7-15(20)10-17(16)23(19)3/h4-10,13,18,21,24H,11H2,1-3H3. The van der Waals surface area contributed by atoms with E-state index in [0.717, 1.165) is 28.0 Å². The molecule has 1 aromatic heterocycles. The van der Waals surface area contributed by atoms with E-state index in [1.807, 2.05) is 67.9 Å². The summed E-state index contributed by atoms with van der Waals surface area (Å²) < 4.78 is 2.04. The summed E-state index contributed by atoms with van der Waals surface area (Å²) >= 11 is 6.07. The number of nitrogens with one attached hydrogen (secondary N) is 1. The normalized spacial score (nSPS) is 14.0. The Balaban J connectivity index is 1.73. The van der Waals surface area contributed by atoms with Crippen LogP contribution in [-0.2, 0) is 7.05 Å². The maximum Gasteiger partial charge on any atom is 0.126 e. The molecular formula is C19H22ClN3O. The fourth-order valence-electron chi connectivity index (χ4n) is 2.94. The van der Waals surface area contributed by atoms with Crippen LogP contribution in [0.4, 0.5) is 0 Å². The van der Waals surface area contributed by atoms with Gasteiger partial charge in [0.1, 0.15) is 5.82 Å². The molecule has 0 bridgehead atoms. The summed E-state index contributed by atoms with van der Waals surface area (Å²) in [6.07, 6.45) is -0.545. The SMILES string of the molecule is Cc1cccc(C(O)CNC(C)c2nc3ccc(Cl)cc3n2C)c1. The molecule has 0 amide bonds. The van der Waals surface area contributed by atoms with E-state index in [1.165, 1.54) is 0 Å². The smallest absolute Gasteiger partial charge is 0.126 e. The van der Waals surface area contributed by atoms with Crippen LogP contribution in [0.25, 0.3) is 11.0 Å². The number of hydrogen-bond acceptors (Lipinski definition) is 3. The molecular weight excluding hydrogens is 322 g/mol. The summed E-state index contributed by atoms with van der Waals surface area (Å²) in [5.74, 6) is 0.920. The molecule has 4 nitrogen and oxygen atoms in total. The molecule has 0 saturated carbocycles. The van der Waals surface area contributed by atoms with Crippen LogP contribution < -0.4 is 5.32 Å². The molecule has 0 spiro atoms. The Hall–Kier alpha value is -1.88. The monoisotopic (exact) mass is 343 g/mol. The fourth-order valence-corrected chi connectivity index (χ4v) is 3.11. The van der Waals surface area contributed by atoms with Crippen molar-refractivity contribution >= 4 is 22.6 Å². The van der Waals surface area contributed by atoms with Gasteiger partial charge in [-0.3, -0.25) is 0 Å². The van der Waals surface area contributed by atoms with E-state index in [1.54, 1.807) is 0 Å². The minimum absolute atomic E-state index is 0.0145. The Bertz CT molecular complexity index is 859. The summed E-state index contributed by atoms with van der Waals surface area (Å²) in [5, 5.41) is 14.4. The van der Waals surface area contributed by atoms with Crippen molar-refractivity contribution in [3.63, 3.8) is 0 Å². The van der Waals surface area contributed by atoms with Crippen LogP contribution in [-0.4, -0.2) is 21.2 Å². The molecule has 1 heterocycles. The Kier molecular flexibility index (Phi) is 4.90. The summed E-state index contributed by atoms with van der Waals surface area (Å²) in [5.41, 5.74) is 3.99. The minimum atomic E-state index is -0.545. The Morgan fingerprint density at radius 3 is 2.79 bits per heavy atom. The molecule has 0 aliphatic carbocycles. The third-order valence-corrected chi connectivity index (χ3v) is 4.54. The summed E-state index contributed by atoms with van der Waals surface area (Å²) in [6, 6.07) is 13.6. The number of aliphatic hydroxyl groups excluding tert-OH is 1. The average Bonchev–Trinajstić information content (AvgIpc) is 2.89. The highest BCUT2D eigenvalue weighted by molar-refractivity contribution is 6.31. The first-order valence-corrected chi connectivity index (χ1v) is 8.43. The lowest BCUT2D eigenvalue weighted by atomic mass is 10.1. The predicted molar refractivity (Wildman–Crippen MR) is 98.3 cm³/mol. The van der Waals surface area contributed by atoms with Crippen LogP contribution in [0.1, 0.15) is 36.0 Å². The molecule has 0 radical (unpaired) electrons. The highest BCUT2D eigenvalue weighted by atomic mass is 35.5. The number of imidazole rings is 1. The van der Waals surface area contributed by atoms with Crippen molar-refractivity contribution in [3.8, 4) is 0 Å². The Morgan fingerprint density at radius 1 is 1.25 bits per heavy atom. The van der Waals surface area contributed by atoms with E-state index in [0.29, 0.717) is 11.6 Å². The number of aromatic nitrogens is 2. The average molecular weight is 344 g/mol. The van der Waals surface area contributed by atoms with Crippen molar-refractivity contribution in [2.45, 2.75) is 26.0 Å². The third kappa shape index (κ3) is 3.46. The van der Waals surface area contributed by atoms with Gasteiger partial charge in [-0.2, -0.15) is 0 Å². The van der Waals surface area contributed by atoms with Crippen LogP contribution in [0.5, 0.6) is 0 Å². The molecule has 126 valence electrons. The van der Waals surface area contributed by atoms with Gasteiger partial charge < -0.3 is 15.0 Å². The van der Waals surface area contributed by atoms with Crippen LogP contribution in [0.2, 0.25) is 5.02 Å². The summed E-state index contributed by atoms with van der Waals surface area (Å²) in [6.45, 7) is 4.54. The number of halogens is 1. The van der Waals surface area contributed by atoms with Gasteiger partial charge in [0.05, 0.1) is 23.2 Å². The number of nitrogens with zero attached hydrogens (tertiary/aromatic N) is 2. The van der Waals surface area contributed by atoms with Crippen molar-refractivity contribution in [2.24, 2.45) is 7.05 Å². The zero-order chi connectivity index (χ0) is 17.3. The van der Waals surface area contributed by atoms with Crippen LogP contribution >= 0.6 is 11.6 Å². The summed E-state index contributed by atoms with van der Waals surface area (Å²) in [7, 11) is 1.98. The second kappa shape index (κ2) is 6.93. The van der Waals surface area contributed by atoms with Crippen molar-refractivity contribution in [1.29, 1.82) is 0 Å². The van der Waals surface area contributed by atoms with E-state index in [-0.39, 0.29) is 6.04 Å². The fraction of sp³-hybridized carbons (Fsp3) is 0.316. The highest BCUT2D eigenvalue weighted by Gasteiger charge is 2.16. The minimum Gasteiger partial charge on any atom is -0.387 e. The molecule has 0 aliphatic rings. The van der Waals surface area contributed by atoms with E-state index < -0.39 is 6.10 Å². The molecule has 3 aromatic rings. The zero-order valence-electron chi connectivity index (χ0n) is 14.1. The van der Waals surface area contributed by atoms with Crippen molar-refractivity contribution < 1.29 is 5.11 Å². The second-order valence-electron chi connectivity index (χ2n) is 6.22. The Labute approximate surface area is 147 Å². The van der Waals surface area contributed by atoms with E-state index in [2.05, 4.69) is 10.3 Å². The van der Waals surface area contributed by atoms with Gasteiger partial charge in [-0.1, -0.05) is 41.4 Å². The lowest BCUT2D eigenvalue weighted by Gasteiger charge is -2.17. The number of benzene rings is 2. The summed E-state index contributed by atoms with van der Waals surface area (Å²) in [4.78, 5) is 4.68. The molecule has 24 heavy (non-hydrogen) atoms. The topological polar surface area (TPSA) is 50.1 Å². The molecule has 2 atom stereocenters. The van der Waals surface area contributed by atoms with Gasteiger partial charge in [0.25, 0.3) is 0 Å². The maximum atomic E-state index is 10.4. The molecule has 0 saturated heterocycles. The molecule has 0 fully saturated rings. The van der Waals surface area contributed by atoms with Crippen molar-refractivity contribution in [2.75, 3.05) is 6.54 Å². The highest BCUT2D eigenvalue weighted by Crippen LogP contribution is 2.23. The Morgan fingerprint density at radius 2 is 2.04 bits per heavy atom. The molecule has 3 rings (SSSR count). The lowest BCUT2D eigenvalue weighted by molar-refractivity contribution is 0.170. The van der Waals surface area contributed by atoms with Crippen LogP contribution in [0.15, 0.2) is 42.5 Å². The van der Waals surface area contributed by atoms with Gasteiger partial charge in [-0.25, -0.2) is 4.98 Å². The maximum absolute atomic E-state index is 10.4. The molecule has 2 N–H and O–H groups in total. The van der Waals surface area contributed by atoms with Gasteiger partial charge in [-0.05, 0) is 37.6 Å². The van der Waals surface area contributed by atoms with Crippen molar-refractivity contribution in [3.05, 3.63) is 64.4 Å². The molecule has 0 aliphatic heterocycles. The van der Waals surface area contributed by atoms with Crippen molar-refractivity contribution in [1.82, 2.24) is 14.9 Å². The van der Waals surface area contributed by atoms with Gasteiger partial charge >= 0.3 is 0 Å². The largest absolute Gasteiger partial charge is 0.387 e. The number of aliphatic hydroxyl groups is 1. The van der Waals surface area contributed by atoms with Crippen LogP contribution in [0, 0.1) is 6.92 Å². The quantitative estimate of drug-likeness (QED) is 0.738. The third-order valence-electron chi connectivity index (χ3n) is 4.31. The lowest BCUT2D eigenvalue weighted by Crippen LogP contribution is -2.26. The predicted octanol–water partition coefficient (Wildman–Crippen LogP) is 3.92. The first-order chi connectivity index (χ1) is 11.5. The molecule has 2 aromatic carbocycles. The first-order valence-electron chi connectivity index (χ1n) is 8.05. The van der Waals surface area contributed by atoms with Gasteiger partial charge in [0.2, 0.25) is 0 Å². The van der Waals surface area contributed by atoms with Crippen LogP contribution in [0.3, 0.4) is 0 Å². The number of hydrogen-bond donors (Lipinski definition) is 2. The van der Waals surface area contributed by atoms with E-state index in [4.69, 9.17) is 11.6 Å². The first kappa shape index (κ1) is 17.0. The van der Waals surface area contributed by atoms with Gasteiger partial charge in [-0.15, -0.1) is 0 Å². The van der Waals surface area contributed by atoms with Gasteiger partial charge in [0.15, 0.2) is 0 Å². The van der Waals surface area contributed by atoms with E-state index in [9.17, 15) is 5.11 Å². The zero-order valence-corrected chi connectivity index (χ0v) is 14.9. The van der Waals surface area contributed by atoms with Gasteiger partial charge in [0, 0.05) is 18.6 Å². The number of rotatable bonds is 5. The second-order valence-corrected chi connectivity index (χ2v) is 6.66. The molecule has 5 heteroatoms.